The first-order valence-corrected chi connectivity index (χ1v) is 11.4. The van der Waals surface area contributed by atoms with E-state index in [2.05, 4.69) is 33.5 Å². The number of morpholine rings is 1. The number of amides is 1. The van der Waals surface area contributed by atoms with E-state index in [9.17, 15) is 4.79 Å². The third-order valence-corrected chi connectivity index (χ3v) is 5.89. The fraction of sp³-hybridized carbons (Fsp3) is 0.346. The van der Waals surface area contributed by atoms with Gasteiger partial charge in [0.15, 0.2) is 0 Å². The molecule has 1 aliphatic heterocycles. The Labute approximate surface area is 195 Å². The fourth-order valence-electron chi connectivity index (χ4n) is 3.76. The van der Waals surface area contributed by atoms with Crippen LogP contribution < -0.4 is 10.6 Å². The Morgan fingerprint density at radius 1 is 1.27 bits per heavy atom. The van der Waals surface area contributed by atoms with Gasteiger partial charge in [-0.15, -0.1) is 0 Å². The molecule has 7 heteroatoms. The average Bonchev–Trinajstić information content (AvgIpc) is 3.66. The molecular weight excluding hydrogens is 414 g/mol. The molecule has 1 aromatic carbocycles. The van der Waals surface area contributed by atoms with Gasteiger partial charge >= 0.3 is 0 Å². The molecule has 4 rings (SSSR count). The Hall–Kier alpha value is -3.29. The van der Waals surface area contributed by atoms with Gasteiger partial charge in [-0.05, 0) is 60.7 Å². The van der Waals surface area contributed by atoms with E-state index in [-0.39, 0.29) is 5.91 Å². The summed E-state index contributed by atoms with van der Waals surface area (Å²) < 4.78 is 5.42. The Balaban J connectivity index is 1.39. The zero-order valence-corrected chi connectivity index (χ0v) is 19.0. The number of nitrogens with one attached hydrogen (secondary N) is 3. The van der Waals surface area contributed by atoms with Crippen molar-refractivity contribution in [2.24, 2.45) is 0 Å². The largest absolute Gasteiger partial charge is 0.388 e. The van der Waals surface area contributed by atoms with Crippen LogP contribution in [-0.4, -0.2) is 54.4 Å². The Morgan fingerprint density at radius 2 is 2.09 bits per heavy atom. The van der Waals surface area contributed by atoms with Crippen LogP contribution in [0.5, 0.6) is 0 Å². The minimum absolute atomic E-state index is 0.207. The topological polar surface area (TPSA) is 90.3 Å². The molecule has 0 atom stereocenters. The van der Waals surface area contributed by atoms with Crippen LogP contribution in [0.1, 0.15) is 35.1 Å². The van der Waals surface area contributed by atoms with Crippen molar-refractivity contribution in [3.63, 3.8) is 0 Å². The lowest BCUT2D eigenvalue weighted by atomic mass is 10.0. The second kappa shape index (κ2) is 11.0. The van der Waals surface area contributed by atoms with Crippen LogP contribution in [0.25, 0.3) is 11.6 Å². The highest BCUT2D eigenvalue weighted by Crippen LogP contribution is 2.22. The molecule has 1 aliphatic carbocycles. The van der Waals surface area contributed by atoms with Gasteiger partial charge in [0, 0.05) is 73.4 Å². The Kier molecular flexibility index (Phi) is 7.65. The summed E-state index contributed by atoms with van der Waals surface area (Å²) in [6, 6.07) is 8.41. The predicted molar refractivity (Wildman–Crippen MR) is 132 cm³/mol. The number of carbonyl (C=O) groups excluding carboxylic acids is 1. The van der Waals surface area contributed by atoms with Crippen molar-refractivity contribution in [2.45, 2.75) is 32.4 Å². The number of rotatable bonds is 9. The molecule has 3 N–H and O–H groups in total. The lowest BCUT2D eigenvalue weighted by Crippen LogP contribution is -2.35. The van der Waals surface area contributed by atoms with E-state index in [1.54, 1.807) is 18.5 Å². The minimum atomic E-state index is -0.207. The number of aryl methyl sites for hydroxylation is 1. The third-order valence-electron chi connectivity index (χ3n) is 5.89. The molecular formula is C26H31N5O2. The molecule has 2 fully saturated rings. The van der Waals surface area contributed by atoms with Gasteiger partial charge in [-0.1, -0.05) is 6.07 Å². The molecule has 2 aliphatic rings. The maximum absolute atomic E-state index is 12.6. The molecule has 0 unspecified atom stereocenters. The number of benzene rings is 1. The van der Waals surface area contributed by atoms with Crippen LogP contribution in [-0.2, 0) is 16.1 Å². The van der Waals surface area contributed by atoms with Crippen LogP contribution in [0.2, 0.25) is 0 Å². The van der Waals surface area contributed by atoms with Crippen molar-refractivity contribution < 1.29 is 9.53 Å². The van der Waals surface area contributed by atoms with E-state index < -0.39 is 0 Å². The number of hydrogen-bond donors (Lipinski definition) is 3. The zero-order chi connectivity index (χ0) is 23.0. The van der Waals surface area contributed by atoms with E-state index >= 15 is 0 Å². The second-order valence-electron chi connectivity index (χ2n) is 8.50. The minimum Gasteiger partial charge on any atom is -0.388 e. The van der Waals surface area contributed by atoms with Crippen molar-refractivity contribution in [2.75, 3.05) is 31.6 Å². The first kappa shape index (κ1) is 22.9. The van der Waals surface area contributed by atoms with Gasteiger partial charge in [-0.2, -0.15) is 0 Å². The molecule has 1 saturated carbocycles. The van der Waals surface area contributed by atoms with Crippen molar-refractivity contribution in [3.05, 3.63) is 71.2 Å². The molecule has 1 saturated heterocycles. The lowest BCUT2D eigenvalue weighted by Gasteiger charge is -2.27. The van der Waals surface area contributed by atoms with Gasteiger partial charge < -0.3 is 20.8 Å². The van der Waals surface area contributed by atoms with E-state index in [1.807, 2.05) is 24.4 Å². The van der Waals surface area contributed by atoms with Crippen LogP contribution in [0.4, 0.5) is 5.69 Å². The van der Waals surface area contributed by atoms with Gasteiger partial charge in [0.25, 0.3) is 0 Å². The summed E-state index contributed by atoms with van der Waals surface area (Å²) >= 11 is 0. The number of hydrogen-bond acceptors (Lipinski definition) is 6. The van der Waals surface area contributed by atoms with Crippen LogP contribution in [0.3, 0.4) is 0 Å². The molecule has 0 spiro atoms. The van der Waals surface area contributed by atoms with E-state index in [1.165, 1.54) is 30.7 Å². The summed E-state index contributed by atoms with van der Waals surface area (Å²) in [6.45, 7) is 6.43. The quantitative estimate of drug-likeness (QED) is 0.405. The first-order chi connectivity index (χ1) is 16.1. The highest BCUT2D eigenvalue weighted by Gasteiger charge is 2.19. The molecule has 7 nitrogen and oxygen atoms in total. The Bertz CT molecular complexity index is 1050. The van der Waals surface area contributed by atoms with Crippen LogP contribution >= 0.6 is 0 Å². The van der Waals surface area contributed by atoms with Crippen LogP contribution in [0, 0.1) is 12.3 Å². The summed E-state index contributed by atoms with van der Waals surface area (Å²) in [6.07, 6.45) is 12.2. The SMILES string of the molecule is Cc1cc(NC(=O)/C=C/c2cnccc2/C(C=N)=C/NC2CC2)ccc1CN1CCOCC1. The van der Waals surface area contributed by atoms with Gasteiger partial charge in [-0.3, -0.25) is 14.7 Å². The van der Waals surface area contributed by atoms with E-state index in [0.717, 1.165) is 60.8 Å². The molecule has 1 amide bonds. The summed E-state index contributed by atoms with van der Waals surface area (Å²) in [7, 11) is 0. The number of ether oxygens (including phenoxy) is 1. The normalized spacial score (nSPS) is 17.2. The highest BCUT2D eigenvalue weighted by molar-refractivity contribution is 6.10. The van der Waals surface area contributed by atoms with Crippen molar-refractivity contribution in [3.8, 4) is 0 Å². The average molecular weight is 446 g/mol. The lowest BCUT2D eigenvalue weighted by molar-refractivity contribution is -0.111. The number of carbonyl (C=O) groups is 1. The Morgan fingerprint density at radius 3 is 2.82 bits per heavy atom. The fourth-order valence-corrected chi connectivity index (χ4v) is 3.76. The van der Waals surface area contributed by atoms with Crippen LogP contribution in [0.15, 0.2) is 48.9 Å². The van der Waals surface area contributed by atoms with E-state index in [0.29, 0.717) is 6.04 Å². The van der Waals surface area contributed by atoms with Gasteiger partial charge in [0.2, 0.25) is 5.91 Å². The van der Waals surface area contributed by atoms with Crippen molar-refractivity contribution >= 4 is 29.5 Å². The van der Waals surface area contributed by atoms with Crippen molar-refractivity contribution in [1.29, 1.82) is 5.41 Å². The van der Waals surface area contributed by atoms with E-state index in [4.69, 9.17) is 10.1 Å². The number of allylic oxidation sites excluding steroid dienone is 1. The van der Waals surface area contributed by atoms with Gasteiger partial charge in [0.1, 0.15) is 0 Å². The number of nitrogens with zero attached hydrogens (tertiary/aromatic N) is 2. The molecule has 0 radical (unpaired) electrons. The monoisotopic (exact) mass is 445 g/mol. The first-order valence-electron chi connectivity index (χ1n) is 11.4. The predicted octanol–water partition coefficient (Wildman–Crippen LogP) is 3.62. The standard InChI is InChI=1S/C26H31N5O2/c1-19-14-24(4-2-21(19)18-31-10-12-33-13-11-31)30-26(32)7-3-20-16-28-9-8-25(20)22(15-27)17-29-23-5-6-23/h2-4,7-9,14-17,23,27,29H,5-6,10-13,18H2,1H3,(H,30,32)/b7-3+,22-17+,27-15?. The summed E-state index contributed by atoms with van der Waals surface area (Å²) in [4.78, 5) is 19.1. The molecule has 0 bridgehead atoms. The van der Waals surface area contributed by atoms with Gasteiger partial charge in [-0.25, -0.2) is 0 Å². The third kappa shape index (κ3) is 6.60. The molecule has 2 heterocycles. The summed E-state index contributed by atoms with van der Waals surface area (Å²) in [5, 5.41) is 14.0. The second-order valence-corrected chi connectivity index (χ2v) is 8.50. The molecule has 1 aromatic heterocycles. The summed E-state index contributed by atoms with van der Waals surface area (Å²) in [5.74, 6) is -0.207. The summed E-state index contributed by atoms with van der Waals surface area (Å²) in [5.41, 5.74) is 5.60. The number of pyridine rings is 1. The van der Waals surface area contributed by atoms with Crippen molar-refractivity contribution in [1.82, 2.24) is 15.2 Å². The van der Waals surface area contributed by atoms with Gasteiger partial charge in [0.05, 0.1) is 13.2 Å². The number of anilines is 1. The maximum atomic E-state index is 12.6. The maximum Gasteiger partial charge on any atom is 0.248 e. The molecule has 2 aromatic rings. The smallest absolute Gasteiger partial charge is 0.248 e. The molecule has 33 heavy (non-hydrogen) atoms. The highest BCUT2D eigenvalue weighted by atomic mass is 16.5. The number of aromatic nitrogens is 1. The zero-order valence-electron chi connectivity index (χ0n) is 19.0. The molecule has 172 valence electrons.